The van der Waals surface area contributed by atoms with Gasteiger partial charge in [0.2, 0.25) is 5.91 Å². The van der Waals surface area contributed by atoms with E-state index < -0.39 is 6.10 Å². The Balaban J connectivity index is 1.48. The Labute approximate surface area is 149 Å². The van der Waals surface area contributed by atoms with Crippen LogP contribution in [-0.2, 0) is 31.4 Å². The van der Waals surface area contributed by atoms with Gasteiger partial charge in [-0.1, -0.05) is 5.16 Å². The first kappa shape index (κ1) is 16.5. The molecule has 0 spiro atoms. The Bertz CT molecular complexity index is 940. The van der Waals surface area contributed by atoms with Gasteiger partial charge < -0.3 is 14.5 Å². The zero-order valence-electron chi connectivity index (χ0n) is 14.7. The molecule has 0 fully saturated rings. The fraction of sp³-hybridized carbons (Fsp3) is 0.412. The summed E-state index contributed by atoms with van der Waals surface area (Å²) in [7, 11) is 1.78. The van der Waals surface area contributed by atoms with Gasteiger partial charge in [0.15, 0.2) is 0 Å². The minimum absolute atomic E-state index is 0.0117. The summed E-state index contributed by atoms with van der Waals surface area (Å²) in [4.78, 5) is 14.3. The Hall–Kier alpha value is -2.94. The number of aliphatic hydroxyl groups excluding tert-OH is 1. The fourth-order valence-electron chi connectivity index (χ4n) is 3.20. The van der Waals surface area contributed by atoms with Gasteiger partial charge in [-0.25, -0.2) is 0 Å². The van der Waals surface area contributed by atoms with Crippen molar-refractivity contribution in [2.45, 2.75) is 32.5 Å². The second kappa shape index (κ2) is 6.41. The summed E-state index contributed by atoms with van der Waals surface area (Å²) in [5.41, 5.74) is 2.89. The lowest BCUT2D eigenvalue weighted by molar-refractivity contribution is -0.132. The molecule has 0 saturated heterocycles. The van der Waals surface area contributed by atoms with Crippen molar-refractivity contribution in [3.63, 3.8) is 0 Å². The van der Waals surface area contributed by atoms with Gasteiger partial charge in [0, 0.05) is 25.9 Å². The molecule has 0 radical (unpaired) electrons. The van der Waals surface area contributed by atoms with E-state index in [-0.39, 0.29) is 12.3 Å². The molecule has 0 aliphatic carbocycles. The van der Waals surface area contributed by atoms with Crippen LogP contribution in [-0.4, -0.2) is 47.2 Å². The number of aromatic nitrogens is 5. The number of carbonyl (C=O) groups excluding carboxylic acids is 1. The Morgan fingerprint density at radius 3 is 2.92 bits per heavy atom. The molecule has 0 bridgehead atoms. The van der Waals surface area contributed by atoms with E-state index in [4.69, 9.17) is 4.52 Å². The zero-order valence-corrected chi connectivity index (χ0v) is 14.7. The predicted molar refractivity (Wildman–Crippen MR) is 89.9 cm³/mol. The molecule has 4 rings (SSSR count). The van der Waals surface area contributed by atoms with Crippen molar-refractivity contribution in [2.75, 3.05) is 6.54 Å². The van der Waals surface area contributed by atoms with E-state index in [0.717, 1.165) is 11.4 Å². The number of aryl methyl sites for hydroxylation is 2. The number of aliphatic hydroxyl groups is 1. The number of amides is 1. The summed E-state index contributed by atoms with van der Waals surface area (Å²) in [6.07, 6.45) is 0.988. The summed E-state index contributed by atoms with van der Waals surface area (Å²) in [6, 6.07) is 5.38. The molecule has 136 valence electrons. The van der Waals surface area contributed by atoms with Gasteiger partial charge >= 0.3 is 0 Å². The average molecular weight is 356 g/mol. The maximum absolute atomic E-state index is 12.5. The first-order chi connectivity index (χ1) is 12.5. The normalized spacial score (nSPS) is 15.1. The molecule has 0 aromatic carbocycles. The fourth-order valence-corrected chi connectivity index (χ4v) is 3.20. The number of rotatable bonds is 4. The Morgan fingerprint density at radius 2 is 2.23 bits per heavy atom. The Kier molecular flexibility index (Phi) is 4.08. The molecular formula is C17H20N6O3. The molecule has 26 heavy (non-hydrogen) atoms. The van der Waals surface area contributed by atoms with Gasteiger partial charge in [0.05, 0.1) is 42.3 Å². The van der Waals surface area contributed by atoms with E-state index in [1.807, 2.05) is 17.7 Å². The average Bonchev–Trinajstić information content (AvgIpc) is 3.33. The van der Waals surface area contributed by atoms with Crippen molar-refractivity contribution in [1.29, 1.82) is 0 Å². The standard InChI is InChI=1S/C17H20N6O3/c1-11-7-13(26-20-11)9-16(24)22-5-6-23-12(10-22)8-14(19-23)17(25)15-3-4-18-21(15)2/h3-4,7-8,17,25H,5-6,9-10H2,1-2H3/t17-/m1/s1. The summed E-state index contributed by atoms with van der Waals surface area (Å²) in [6.45, 7) is 3.44. The van der Waals surface area contributed by atoms with Gasteiger partial charge in [-0.3, -0.25) is 14.2 Å². The molecule has 4 heterocycles. The van der Waals surface area contributed by atoms with E-state index in [2.05, 4.69) is 15.4 Å². The Morgan fingerprint density at radius 1 is 1.38 bits per heavy atom. The lowest BCUT2D eigenvalue weighted by Gasteiger charge is -2.27. The zero-order chi connectivity index (χ0) is 18.3. The molecular weight excluding hydrogens is 336 g/mol. The number of hydrogen-bond donors (Lipinski definition) is 1. The molecule has 9 nitrogen and oxygen atoms in total. The van der Waals surface area contributed by atoms with Crippen LogP contribution in [0.25, 0.3) is 0 Å². The molecule has 1 aliphatic rings. The topological polar surface area (TPSA) is 102 Å². The third-order valence-electron chi connectivity index (χ3n) is 4.59. The highest BCUT2D eigenvalue weighted by atomic mass is 16.5. The van der Waals surface area contributed by atoms with E-state index in [1.165, 1.54) is 0 Å². The number of carbonyl (C=O) groups is 1. The van der Waals surface area contributed by atoms with Crippen LogP contribution in [0, 0.1) is 6.92 Å². The molecule has 1 amide bonds. The monoisotopic (exact) mass is 356 g/mol. The van der Waals surface area contributed by atoms with Crippen molar-refractivity contribution in [2.24, 2.45) is 7.05 Å². The first-order valence-electron chi connectivity index (χ1n) is 8.44. The summed E-state index contributed by atoms with van der Waals surface area (Å²) in [5.74, 6) is 0.557. The van der Waals surface area contributed by atoms with E-state index in [9.17, 15) is 9.90 Å². The second-order valence-electron chi connectivity index (χ2n) is 6.49. The van der Waals surface area contributed by atoms with Crippen molar-refractivity contribution in [3.8, 4) is 0 Å². The highest BCUT2D eigenvalue weighted by molar-refractivity contribution is 5.78. The molecule has 9 heteroatoms. The van der Waals surface area contributed by atoms with Gasteiger partial charge in [-0.15, -0.1) is 0 Å². The smallest absolute Gasteiger partial charge is 0.230 e. The third-order valence-corrected chi connectivity index (χ3v) is 4.59. The quantitative estimate of drug-likeness (QED) is 0.734. The summed E-state index contributed by atoms with van der Waals surface area (Å²) < 4.78 is 8.59. The van der Waals surface area contributed by atoms with Crippen LogP contribution >= 0.6 is 0 Å². The maximum atomic E-state index is 12.5. The largest absolute Gasteiger partial charge is 0.380 e. The number of hydrogen-bond acceptors (Lipinski definition) is 6. The predicted octanol–water partition coefficient (Wildman–Crippen LogP) is 0.580. The van der Waals surface area contributed by atoms with Crippen molar-refractivity contribution in [1.82, 2.24) is 29.6 Å². The highest BCUT2D eigenvalue weighted by Gasteiger charge is 2.26. The van der Waals surface area contributed by atoms with Gasteiger partial charge in [0.1, 0.15) is 11.9 Å². The minimum atomic E-state index is -0.845. The van der Waals surface area contributed by atoms with Crippen LogP contribution in [0.3, 0.4) is 0 Å². The molecule has 1 atom stereocenters. The SMILES string of the molecule is Cc1cc(CC(=O)N2CCn3nc([C@@H](O)c4ccnn4C)cc3C2)on1. The van der Waals surface area contributed by atoms with Crippen molar-refractivity contribution in [3.05, 3.63) is 52.9 Å². The third kappa shape index (κ3) is 3.01. The van der Waals surface area contributed by atoms with Crippen LogP contribution in [0.15, 0.2) is 28.9 Å². The van der Waals surface area contributed by atoms with E-state index in [0.29, 0.717) is 36.8 Å². The lowest BCUT2D eigenvalue weighted by Crippen LogP contribution is -2.39. The van der Waals surface area contributed by atoms with Crippen molar-refractivity contribution < 1.29 is 14.4 Å². The molecule has 0 saturated carbocycles. The van der Waals surface area contributed by atoms with Crippen LogP contribution in [0.1, 0.15) is 34.6 Å². The second-order valence-corrected chi connectivity index (χ2v) is 6.49. The van der Waals surface area contributed by atoms with E-state index >= 15 is 0 Å². The molecule has 3 aromatic heterocycles. The van der Waals surface area contributed by atoms with Crippen LogP contribution in [0.2, 0.25) is 0 Å². The van der Waals surface area contributed by atoms with Crippen LogP contribution in [0.5, 0.6) is 0 Å². The van der Waals surface area contributed by atoms with Crippen molar-refractivity contribution >= 4 is 5.91 Å². The van der Waals surface area contributed by atoms with Crippen LogP contribution in [0.4, 0.5) is 0 Å². The molecule has 3 aromatic rings. The minimum Gasteiger partial charge on any atom is -0.380 e. The maximum Gasteiger partial charge on any atom is 0.230 e. The van der Waals surface area contributed by atoms with Crippen LogP contribution < -0.4 is 0 Å². The highest BCUT2D eigenvalue weighted by Crippen LogP contribution is 2.23. The van der Waals surface area contributed by atoms with Gasteiger partial charge in [0.25, 0.3) is 0 Å². The summed E-state index contributed by atoms with van der Waals surface area (Å²) >= 11 is 0. The number of nitrogens with zero attached hydrogens (tertiary/aromatic N) is 6. The molecule has 1 N–H and O–H groups in total. The first-order valence-corrected chi connectivity index (χ1v) is 8.44. The lowest BCUT2D eigenvalue weighted by atomic mass is 10.1. The molecule has 0 unspecified atom stereocenters. The molecule has 1 aliphatic heterocycles. The summed E-state index contributed by atoms with van der Waals surface area (Å²) in [5, 5.41) is 22.9. The van der Waals surface area contributed by atoms with Gasteiger partial charge in [-0.05, 0) is 19.1 Å². The van der Waals surface area contributed by atoms with Gasteiger partial charge in [-0.2, -0.15) is 10.2 Å². The number of fused-ring (bicyclic) bond motifs is 1. The van der Waals surface area contributed by atoms with E-state index in [1.54, 1.807) is 35.0 Å².